The highest BCUT2D eigenvalue weighted by atomic mass is 79.9. The Kier molecular flexibility index (Phi) is 6.69. The largest absolute Gasteiger partial charge is 0.329 e. The first-order chi connectivity index (χ1) is 11.6. The van der Waals surface area contributed by atoms with Crippen LogP contribution in [0.3, 0.4) is 0 Å². The first-order valence-corrected chi connectivity index (χ1v) is 8.28. The van der Waals surface area contributed by atoms with Crippen molar-refractivity contribution in [2.45, 2.75) is 19.8 Å². The van der Waals surface area contributed by atoms with Crippen LogP contribution in [-0.4, -0.2) is 17.5 Å². The van der Waals surface area contributed by atoms with Gasteiger partial charge in [-0.25, -0.2) is 5.43 Å². The molecule has 0 radical (unpaired) electrons. The number of anilines is 1. The number of rotatable bonds is 5. The van der Waals surface area contributed by atoms with Crippen molar-refractivity contribution in [1.82, 2.24) is 5.43 Å². The van der Waals surface area contributed by atoms with Crippen molar-refractivity contribution >= 4 is 39.1 Å². The maximum atomic E-state index is 11.8. The number of halogens is 1. The molecule has 6 heteroatoms. The number of carbonyl (C=O) groups excluding carboxylic acids is 2. The van der Waals surface area contributed by atoms with E-state index in [9.17, 15) is 9.59 Å². The summed E-state index contributed by atoms with van der Waals surface area (Å²) in [5.41, 5.74) is 4.76. The normalized spacial score (nSPS) is 11.0. The minimum Gasteiger partial charge on any atom is -0.317 e. The van der Waals surface area contributed by atoms with Gasteiger partial charge in [-0.15, -0.1) is 0 Å². The Balaban J connectivity index is 1.82. The quantitative estimate of drug-likeness (QED) is 0.468. The van der Waals surface area contributed by atoms with Crippen LogP contribution >= 0.6 is 15.9 Å². The molecule has 0 aliphatic carbocycles. The van der Waals surface area contributed by atoms with E-state index < -0.39 is 11.8 Å². The standard InChI is InChI=1S/C18H18BrN3O2/c1-13(11-12-14-7-3-2-4-8-14)21-22-18(24)17(23)20-16-10-6-5-9-15(16)19/h2-10H,11-12H2,1H3,(H,20,23)(H,22,24)/b21-13-. The topological polar surface area (TPSA) is 70.6 Å². The van der Waals surface area contributed by atoms with E-state index in [-0.39, 0.29) is 0 Å². The average Bonchev–Trinajstić information content (AvgIpc) is 2.60. The molecule has 5 nitrogen and oxygen atoms in total. The highest BCUT2D eigenvalue weighted by molar-refractivity contribution is 9.10. The summed E-state index contributed by atoms with van der Waals surface area (Å²) in [5.74, 6) is -1.56. The van der Waals surface area contributed by atoms with Crippen LogP contribution in [0.1, 0.15) is 18.9 Å². The van der Waals surface area contributed by atoms with Crippen LogP contribution in [0.4, 0.5) is 5.69 Å². The van der Waals surface area contributed by atoms with Crippen molar-refractivity contribution in [3.05, 3.63) is 64.6 Å². The SMILES string of the molecule is C/C(CCc1ccccc1)=N/NC(=O)C(=O)Nc1ccccc1Br. The van der Waals surface area contributed by atoms with Crippen LogP contribution in [0.2, 0.25) is 0 Å². The molecule has 0 unspecified atom stereocenters. The predicted molar refractivity (Wildman–Crippen MR) is 98.8 cm³/mol. The molecule has 24 heavy (non-hydrogen) atoms. The van der Waals surface area contributed by atoms with Gasteiger partial charge in [-0.1, -0.05) is 42.5 Å². The average molecular weight is 388 g/mol. The molecule has 0 saturated carbocycles. The maximum absolute atomic E-state index is 11.8. The van der Waals surface area contributed by atoms with E-state index in [0.717, 1.165) is 12.1 Å². The molecular weight excluding hydrogens is 370 g/mol. The van der Waals surface area contributed by atoms with Crippen LogP contribution < -0.4 is 10.7 Å². The number of nitrogens with one attached hydrogen (secondary N) is 2. The Morgan fingerprint density at radius 3 is 2.38 bits per heavy atom. The van der Waals surface area contributed by atoms with Gasteiger partial charge in [-0.3, -0.25) is 9.59 Å². The summed E-state index contributed by atoms with van der Waals surface area (Å²) in [6.45, 7) is 1.81. The second-order valence-electron chi connectivity index (χ2n) is 5.21. The number of amides is 2. The van der Waals surface area contributed by atoms with E-state index in [0.29, 0.717) is 16.6 Å². The Hall–Kier alpha value is -2.47. The molecule has 2 N–H and O–H groups in total. The molecule has 0 heterocycles. The Bertz CT molecular complexity index is 745. The van der Waals surface area contributed by atoms with Crippen LogP contribution in [0.25, 0.3) is 0 Å². The lowest BCUT2D eigenvalue weighted by Crippen LogP contribution is -2.33. The summed E-state index contributed by atoms with van der Waals surface area (Å²) >= 11 is 3.30. The van der Waals surface area contributed by atoms with Crippen molar-refractivity contribution in [3.8, 4) is 0 Å². The van der Waals surface area contributed by atoms with E-state index >= 15 is 0 Å². The second-order valence-corrected chi connectivity index (χ2v) is 6.06. The van der Waals surface area contributed by atoms with Crippen LogP contribution in [0.5, 0.6) is 0 Å². The highest BCUT2D eigenvalue weighted by Gasteiger charge is 2.14. The zero-order valence-corrected chi connectivity index (χ0v) is 14.8. The van der Waals surface area contributed by atoms with Crippen LogP contribution in [0.15, 0.2) is 64.2 Å². The number of aryl methyl sites for hydroxylation is 1. The van der Waals surface area contributed by atoms with E-state index in [1.165, 1.54) is 5.56 Å². The number of carbonyl (C=O) groups is 2. The number of benzene rings is 2. The van der Waals surface area contributed by atoms with Crippen molar-refractivity contribution in [2.24, 2.45) is 5.10 Å². The van der Waals surface area contributed by atoms with Gasteiger partial charge in [0.25, 0.3) is 0 Å². The summed E-state index contributed by atoms with van der Waals surface area (Å²) < 4.78 is 0.702. The fraction of sp³-hybridized carbons (Fsp3) is 0.167. The molecule has 2 aromatic rings. The van der Waals surface area contributed by atoms with Gasteiger partial charge in [0.1, 0.15) is 0 Å². The summed E-state index contributed by atoms with van der Waals surface area (Å²) in [4.78, 5) is 23.6. The fourth-order valence-corrected chi connectivity index (χ4v) is 2.35. The molecular formula is C18H18BrN3O2. The first kappa shape index (κ1) is 17.9. The predicted octanol–water partition coefficient (Wildman–Crippen LogP) is 3.51. The Morgan fingerprint density at radius 1 is 1.00 bits per heavy atom. The van der Waals surface area contributed by atoms with Gasteiger partial charge < -0.3 is 5.32 Å². The summed E-state index contributed by atoms with van der Waals surface area (Å²) in [5, 5.41) is 6.49. The smallest absolute Gasteiger partial charge is 0.317 e. The third-order valence-corrected chi connectivity index (χ3v) is 3.99. The molecule has 0 spiro atoms. The summed E-state index contributed by atoms with van der Waals surface area (Å²) in [7, 11) is 0. The fourth-order valence-electron chi connectivity index (χ4n) is 1.96. The van der Waals surface area contributed by atoms with Gasteiger partial charge >= 0.3 is 11.8 Å². The Labute approximate surface area is 149 Å². The van der Waals surface area contributed by atoms with Crippen molar-refractivity contribution in [2.75, 3.05) is 5.32 Å². The number of nitrogens with zero attached hydrogens (tertiary/aromatic N) is 1. The Morgan fingerprint density at radius 2 is 1.67 bits per heavy atom. The van der Waals surface area contributed by atoms with E-state index in [4.69, 9.17) is 0 Å². The lowest BCUT2D eigenvalue weighted by Gasteiger charge is -2.06. The van der Waals surface area contributed by atoms with E-state index in [1.54, 1.807) is 18.2 Å². The number of para-hydroxylation sites is 1. The molecule has 0 atom stereocenters. The lowest BCUT2D eigenvalue weighted by molar-refractivity contribution is -0.136. The molecule has 0 aromatic heterocycles. The molecule has 2 rings (SSSR count). The zero-order valence-electron chi connectivity index (χ0n) is 13.3. The maximum Gasteiger partial charge on any atom is 0.329 e. The number of hydrogen-bond acceptors (Lipinski definition) is 3. The minimum atomic E-state index is -0.801. The van der Waals surface area contributed by atoms with Crippen LogP contribution in [-0.2, 0) is 16.0 Å². The monoisotopic (exact) mass is 387 g/mol. The third kappa shape index (κ3) is 5.62. The number of hydrogen-bond donors (Lipinski definition) is 2. The highest BCUT2D eigenvalue weighted by Crippen LogP contribution is 2.20. The van der Waals surface area contributed by atoms with Crippen molar-refractivity contribution in [1.29, 1.82) is 0 Å². The molecule has 124 valence electrons. The zero-order chi connectivity index (χ0) is 17.4. The van der Waals surface area contributed by atoms with E-state index in [2.05, 4.69) is 31.8 Å². The van der Waals surface area contributed by atoms with E-state index in [1.807, 2.05) is 43.3 Å². The van der Waals surface area contributed by atoms with Crippen molar-refractivity contribution in [3.63, 3.8) is 0 Å². The van der Waals surface area contributed by atoms with Gasteiger partial charge in [-0.05, 0) is 53.4 Å². The molecule has 0 bridgehead atoms. The molecule has 2 amide bonds. The summed E-state index contributed by atoms with van der Waals surface area (Å²) in [6, 6.07) is 17.1. The minimum absolute atomic E-state index is 0.530. The van der Waals surface area contributed by atoms with Gasteiger partial charge in [-0.2, -0.15) is 5.10 Å². The van der Waals surface area contributed by atoms with Gasteiger partial charge in [0.05, 0.1) is 5.69 Å². The summed E-state index contributed by atoms with van der Waals surface area (Å²) in [6.07, 6.45) is 1.53. The molecule has 0 saturated heterocycles. The molecule has 0 aliphatic heterocycles. The third-order valence-electron chi connectivity index (χ3n) is 3.29. The first-order valence-electron chi connectivity index (χ1n) is 7.49. The van der Waals surface area contributed by atoms with Gasteiger partial charge in [0.2, 0.25) is 0 Å². The molecule has 2 aromatic carbocycles. The van der Waals surface area contributed by atoms with Gasteiger partial charge in [0.15, 0.2) is 0 Å². The van der Waals surface area contributed by atoms with Crippen molar-refractivity contribution < 1.29 is 9.59 Å². The second kappa shape index (κ2) is 8.98. The molecule has 0 fully saturated rings. The number of hydrazone groups is 1. The van der Waals surface area contributed by atoms with Crippen LogP contribution in [0, 0.1) is 0 Å². The molecule has 0 aliphatic rings. The van der Waals surface area contributed by atoms with Gasteiger partial charge in [0, 0.05) is 10.2 Å². The lowest BCUT2D eigenvalue weighted by atomic mass is 10.1.